The van der Waals surface area contributed by atoms with E-state index in [4.69, 9.17) is 9.84 Å². The number of fused-ring (bicyclic) bond motifs is 1. The van der Waals surface area contributed by atoms with Crippen LogP contribution in [-0.4, -0.2) is 35.3 Å². The molecular weight excluding hydrogens is 206 g/mol. The molecular formula is C12H15NO3. The molecule has 0 aromatic heterocycles. The third kappa shape index (κ3) is 1.76. The minimum absolute atomic E-state index is 0.0549. The highest BCUT2D eigenvalue weighted by atomic mass is 16.5. The van der Waals surface area contributed by atoms with E-state index in [1.807, 2.05) is 19.1 Å². The van der Waals surface area contributed by atoms with Crippen LogP contribution < -0.4 is 4.74 Å². The van der Waals surface area contributed by atoms with Gasteiger partial charge in [-0.25, -0.2) is 0 Å². The predicted octanol–water partition coefficient (Wildman–Crippen LogP) is 1.17. The number of β-amino-alcohol motifs (C(OH)–C–C–N with tert-alkyl or cyclic N) is 1. The van der Waals surface area contributed by atoms with Crippen LogP contribution in [-0.2, 0) is 0 Å². The SMILES string of the molecule is Cc1ccc2c(c1)OC(C)N(CCO)C2=O. The van der Waals surface area contributed by atoms with Gasteiger partial charge in [0, 0.05) is 6.54 Å². The Bertz CT molecular complexity index is 417. The van der Waals surface area contributed by atoms with Gasteiger partial charge >= 0.3 is 0 Å². The van der Waals surface area contributed by atoms with Gasteiger partial charge in [-0.2, -0.15) is 0 Å². The summed E-state index contributed by atoms with van der Waals surface area (Å²) in [5.41, 5.74) is 1.63. The summed E-state index contributed by atoms with van der Waals surface area (Å²) in [4.78, 5) is 13.6. The van der Waals surface area contributed by atoms with E-state index < -0.39 is 0 Å². The van der Waals surface area contributed by atoms with Crippen LogP contribution in [0.1, 0.15) is 22.8 Å². The average molecular weight is 221 g/mol. The summed E-state index contributed by atoms with van der Waals surface area (Å²) in [6.07, 6.45) is -0.325. The summed E-state index contributed by atoms with van der Waals surface area (Å²) in [5.74, 6) is 0.550. The van der Waals surface area contributed by atoms with Gasteiger partial charge in [0.1, 0.15) is 5.75 Å². The van der Waals surface area contributed by atoms with Gasteiger partial charge in [-0.1, -0.05) is 6.07 Å². The van der Waals surface area contributed by atoms with Crippen LogP contribution in [0.15, 0.2) is 18.2 Å². The molecule has 1 N–H and O–H groups in total. The summed E-state index contributed by atoms with van der Waals surface area (Å²) in [6, 6.07) is 5.51. The predicted molar refractivity (Wildman–Crippen MR) is 59.4 cm³/mol. The molecule has 4 nitrogen and oxygen atoms in total. The Morgan fingerprint density at radius 3 is 2.94 bits per heavy atom. The zero-order valence-electron chi connectivity index (χ0n) is 9.43. The fourth-order valence-corrected chi connectivity index (χ4v) is 1.86. The van der Waals surface area contributed by atoms with Crippen LogP contribution in [0.25, 0.3) is 0 Å². The molecule has 0 bridgehead atoms. The molecule has 0 fully saturated rings. The number of aryl methyl sites for hydroxylation is 1. The number of hydrogen-bond acceptors (Lipinski definition) is 3. The third-order valence-corrected chi connectivity index (χ3v) is 2.71. The van der Waals surface area contributed by atoms with E-state index in [1.54, 1.807) is 13.0 Å². The number of rotatable bonds is 2. The molecule has 1 aliphatic rings. The van der Waals surface area contributed by atoms with Crippen LogP contribution in [0.2, 0.25) is 0 Å². The molecule has 1 aromatic rings. The van der Waals surface area contributed by atoms with Crippen molar-refractivity contribution in [2.24, 2.45) is 0 Å². The standard InChI is InChI=1S/C12H15NO3/c1-8-3-4-10-11(7-8)16-9(2)13(5-6-14)12(10)15/h3-4,7,9,14H,5-6H2,1-2H3. The van der Waals surface area contributed by atoms with Gasteiger partial charge < -0.3 is 14.7 Å². The molecule has 2 rings (SSSR count). The molecule has 1 unspecified atom stereocenters. The highest BCUT2D eigenvalue weighted by molar-refractivity contribution is 5.98. The summed E-state index contributed by atoms with van der Waals surface area (Å²) in [6.45, 7) is 4.01. The Labute approximate surface area is 94.4 Å². The maximum Gasteiger partial charge on any atom is 0.260 e. The van der Waals surface area contributed by atoms with E-state index in [2.05, 4.69) is 0 Å². The van der Waals surface area contributed by atoms with Gasteiger partial charge in [0.25, 0.3) is 5.91 Å². The van der Waals surface area contributed by atoms with Crippen molar-refractivity contribution in [3.63, 3.8) is 0 Å². The number of amides is 1. The van der Waals surface area contributed by atoms with Gasteiger partial charge in [0.2, 0.25) is 0 Å². The highest BCUT2D eigenvalue weighted by Crippen LogP contribution is 2.28. The summed E-state index contributed by atoms with van der Waals surface area (Å²) < 4.78 is 5.64. The first-order chi connectivity index (χ1) is 7.63. The van der Waals surface area contributed by atoms with E-state index in [0.29, 0.717) is 17.9 Å². The second-order valence-electron chi connectivity index (χ2n) is 3.94. The van der Waals surface area contributed by atoms with Crippen molar-refractivity contribution in [2.45, 2.75) is 20.1 Å². The van der Waals surface area contributed by atoms with Crippen LogP contribution in [0.3, 0.4) is 0 Å². The van der Waals surface area contributed by atoms with Gasteiger partial charge in [0.15, 0.2) is 6.23 Å². The Hall–Kier alpha value is -1.55. The Kier molecular flexibility index (Phi) is 2.83. The molecule has 86 valence electrons. The fraction of sp³-hybridized carbons (Fsp3) is 0.417. The zero-order chi connectivity index (χ0) is 11.7. The first-order valence-electron chi connectivity index (χ1n) is 5.32. The van der Waals surface area contributed by atoms with Crippen LogP contribution in [0.4, 0.5) is 0 Å². The molecule has 0 saturated heterocycles. The lowest BCUT2D eigenvalue weighted by atomic mass is 10.1. The van der Waals surface area contributed by atoms with Crippen molar-refractivity contribution in [2.75, 3.05) is 13.2 Å². The second-order valence-corrected chi connectivity index (χ2v) is 3.94. The van der Waals surface area contributed by atoms with Crippen molar-refractivity contribution >= 4 is 5.91 Å². The number of nitrogens with zero attached hydrogens (tertiary/aromatic N) is 1. The van der Waals surface area contributed by atoms with E-state index in [9.17, 15) is 4.79 Å². The Balaban J connectivity index is 2.37. The van der Waals surface area contributed by atoms with Crippen LogP contribution >= 0.6 is 0 Å². The van der Waals surface area contributed by atoms with Crippen molar-refractivity contribution in [3.8, 4) is 5.75 Å². The molecule has 0 spiro atoms. The molecule has 0 aliphatic carbocycles. The van der Waals surface area contributed by atoms with Crippen molar-refractivity contribution in [3.05, 3.63) is 29.3 Å². The summed E-state index contributed by atoms with van der Waals surface area (Å²) >= 11 is 0. The highest BCUT2D eigenvalue weighted by Gasteiger charge is 2.30. The van der Waals surface area contributed by atoms with Crippen molar-refractivity contribution in [1.29, 1.82) is 0 Å². The van der Waals surface area contributed by atoms with E-state index >= 15 is 0 Å². The molecule has 0 radical (unpaired) electrons. The maximum absolute atomic E-state index is 12.1. The number of aliphatic hydroxyl groups is 1. The average Bonchev–Trinajstić information content (AvgIpc) is 2.23. The molecule has 1 amide bonds. The Morgan fingerprint density at radius 2 is 2.25 bits per heavy atom. The zero-order valence-corrected chi connectivity index (χ0v) is 9.43. The number of carbonyl (C=O) groups is 1. The summed E-state index contributed by atoms with van der Waals surface area (Å²) in [7, 11) is 0. The largest absolute Gasteiger partial charge is 0.470 e. The monoisotopic (exact) mass is 221 g/mol. The molecule has 4 heteroatoms. The van der Waals surface area contributed by atoms with Gasteiger partial charge in [-0.3, -0.25) is 4.79 Å². The first-order valence-corrected chi connectivity index (χ1v) is 5.32. The van der Waals surface area contributed by atoms with Crippen LogP contribution in [0, 0.1) is 6.92 Å². The molecule has 1 heterocycles. The van der Waals surface area contributed by atoms with Crippen molar-refractivity contribution < 1.29 is 14.6 Å². The number of benzene rings is 1. The Morgan fingerprint density at radius 1 is 1.50 bits per heavy atom. The summed E-state index contributed by atoms with van der Waals surface area (Å²) in [5, 5.41) is 8.90. The van der Waals surface area contributed by atoms with Crippen molar-refractivity contribution in [1.82, 2.24) is 4.90 Å². The minimum atomic E-state index is -0.325. The lowest BCUT2D eigenvalue weighted by Crippen LogP contribution is -2.46. The van der Waals surface area contributed by atoms with E-state index in [-0.39, 0.29) is 18.7 Å². The fourth-order valence-electron chi connectivity index (χ4n) is 1.86. The van der Waals surface area contributed by atoms with Crippen LogP contribution in [0.5, 0.6) is 5.75 Å². The second kappa shape index (κ2) is 4.14. The molecule has 1 aliphatic heterocycles. The molecule has 16 heavy (non-hydrogen) atoms. The lowest BCUT2D eigenvalue weighted by Gasteiger charge is -2.34. The third-order valence-electron chi connectivity index (χ3n) is 2.71. The lowest BCUT2D eigenvalue weighted by molar-refractivity contribution is 0.0120. The maximum atomic E-state index is 12.1. The molecule has 1 atom stereocenters. The topological polar surface area (TPSA) is 49.8 Å². The quantitative estimate of drug-likeness (QED) is 0.815. The normalized spacial score (nSPS) is 19.3. The number of aliphatic hydroxyl groups excluding tert-OH is 1. The number of ether oxygens (including phenoxy) is 1. The van der Waals surface area contributed by atoms with Gasteiger partial charge in [-0.15, -0.1) is 0 Å². The van der Waals surface area contributed by atoms with Gasteiger partial charge in [-0.05, 0) is 31.5 Å². The van der Waals surface area contributed by atoms with E-state index in [1.165, 1.54) is 4.90 Å². The van der Waals surface area contributed by atoms with Gasteiger partial charge in [0.05, 0.1) is 12.2 Å². The number of hydrogen-bond donors (Lipinski definition) is 1. The van der Waals surface area contributed by atoms with E-state index in [0.717, 1.165) is 5.56 Å². The molecule has 1 aromatic carbocycles. The number of carbonyl (C=O) groups excluding carboxylic acids is 1. The smallest absolute Gasteiger partial charge is 0.260 e. The minimum Gasteiger partial charge on any atom is -0.470 e. The first kappa shape index (κ1) is 11.0. The molecule has 0 saturated carbocycles.